The highest BCUT2D eigenvalue weighted by atomic mass is 35.5. The summed E-state index contributed by atoms with van der Waals surface area (Å²) >= 11 is 7.41. The Labute approximate surface area is 176 Å². The van der Waals surface area contributed by atoms with Crippen molar-refractivity contribution in [1.82, 2.24) is 28.5 Å². The van der Waals surface area contributed by atoms with Crippen LogP contribution in [0.25, 0.3) is 15.9 Å². The zero-order valence-corrected chi connectivity index (χ0v) is 17.4. The van der Waals surface area contributed by atoms with Crippen LogP contribution in [-0.4, -0.2) is 60.6 Å². The van der Waals surface area contributed by atoms with Crippen molar-refractivity contribution in [2.24, 2.45) is 0 Å². The summed E-state index contributed by atoms with van der Waals surface area (Å²) in [5, 5.41) is 1.65. The molecule has 9 heteroatoms. The fourth-order valence-electron chi connectivity index (χ4n) is 3.68. The van der Waals surface area contributed by atoms with Gasteiger partial charge in [-0.2, -0.15) is 4.37 Å². The fourth-order valence-corrected chi connectivity index (χ4v) is 4.57. The number of carbonyl (C=O) groups is 1. The molecular weight excluding hydrogens is 408 g/mol. The van der Waals surface area contributed by atoms with E-state index in [-0.39, 0.29) is 5.91 Å². The first-order valence-corrected chi connectivity index (χ1v) is 10.6. The highest BCUT2D eigenvalue weighted by Crippen LogP contribution is 2.22. The van der Waals surface area contributed by atoms with Gasteiger partial charge >= 0.3 is 0 Å². The number of amides is 1. The van der Waals surface area contributed by atoms with Crippen LogP contribution in [0.1, 0.15) is 21.7 Å². The number of fused-ring (bicyclic) bond motifs is 2. The van der Waals surface area contributed by atoms with Crippen LogP contribution in [0.3, 0.4) is 0 Å². The van der Waals surface area contributed by atoms with Crippen LogP contribution in [0.4, 0.5) is 0 Å². The molecule has 4 aromatic rings. The molecule has 148 valence electrons. The van der Waals surface area contributed by atoms with Gasteiger partial charge in [0.05, 0.1) is 22.0 Å². The van der Waals surface area contributed by atoms with E-state index in [4.69, 9.17) is 11.6 Å². The van der Waals surface area contributed by atoms with Crippen molar-refractivity contribution in [2.75, 3.05) is 26.2 Å². The van der Waals surface area contributed by atoms with E-state index in [1.807, 2.05) is 46.8 Å². The van der Waals surface area contributed by atoms with E-state index in [9.17, 15) is 4.79 Å². The number of imidazole rings is 1. The average molecular weight is 427 g/mol. The number of hydrogen-bond donors (Lipinski definition) is 0. The van der Waals surface area contributed by atoms with Crippen LogP contribution in [0, 0.1) is 6.92 Å². The average Bonchev–Trinajstić information content (AvgIpc) is 3.30. The van der Waals surface area contributed by atoms with Gasteiger partial charge in [0, 0.05) is 56.7 Å². The van der Waals surface area contributed by atoms with Gasteiger partial charge in [0.1, 0.15) is 10.5 Å². The van der Waals surface area contributed by atoms with Gasteiger partial charge in [-0.15, -0.1) is 0 Å². The van der Waals surface area contributed by atoms with Crippen LogP contribution in [0.2, 0.25) is 5.02 Å². The third kappa shape index (κ3) is 3.59. The summed E-state index contributed by atoms with van der Waals surface area (Å²) in [7, 11) is 0. The molecule has 0 bridgehead atoms. The Bertz CT molecular complexity index is 1210. The summed E-state index contributed by atoms with van der Waals surface area (Å²) in [5.74, 6) is 0.0343. The summed E-state index contributed by atoms with van der Waals surface area (Å²) in [6, 6.07) is 5.67. The van der Waals surface area contributed by atoms with Crippen molar-refractivity contribution in [1.29, 1.82) is 0 Å². The summed E-state index contributed by atoms with van der Waals surface area (Å²) in [5.41, 5.74) is 3.44. The number of aromatic nitrogens is 4. The molecule has 0 radical (unpaired) electrons. The Kier molecular flexibility index (Phi) is 4.69. The second-order valence-electron chi connectivity index (χ2n) is 7.26. The van der Waals surface area contributed by atoms with Crippen molar-refractivity contribution in [3.05, 3.63) is 58.8 Å². The standard InChI is InChI=1S/C20H19ClN6OS/c1-13-17-8-14(9-22-19(17)29-24-13)20(28)26-6-4-25(5-7-26)11-16-12-27-10-15(21)2-3-18(27)23-16/h2-3,8-10,12H,4-7,11H2,1H3. The second-order valence-corrected chi connectivity index (χ2v) is 8.45. The molecule has 0 saturated carbocycles. The molecule has 29 heavy (non-hydrogen) atoms. The number of nitrogens with zero attached hydrogens (tertiary/aromatic N) is 6. The molecule has 4 aromatic heterocycles. The van der Waals surface area contributed by atoms with Gasteiger partial charge < -0.3 is 9.30 Å². The van der Waals surface area contributed by atoms with Crippen molar-refractivity contribution < 1.29 is 4.79 Å². The SMILES string of the molecule is Cc1nsc2ncc(C(=O)N3CCN(Cc4cn5cc(Cl)ccc5n4)CC3)cc12. The lowest BCUT2D eigenvalue weighted by Crippen LogP contribution is -2.48. The maximum atomic E-state index is 12.9. The molecule has 0 aliphatic carbocycles. The van der Waals surface area contributed by atoms with Gasteiger partial charge in [0.25, 0.3) is 5.91 Å². The van der Waals surface area contributed by atoms with Gasteiger partial charge in [-0.1, -0.05) is 11.6 Å². The quantitative estimate of drug-likeness (QED) is 0.503. The van der Waals surface area contributed by atoms with Crippen molar-refractivity contribution in [2.45, 2.75) is 13.5 Å². The third-order valence-electron chi connectivity index (χ3n) is 5.27. The number of hydrogen-bond acceptors (Lipinski definition) is 6. The van der Waals surface area contributed by atoms with E-state index >= 15 is 0 Å². The Morgan fingerprint density at radius 2 is 2.03 bits per heavy atom. The van der Waals surface area contributed by atoms with E-state index in [1.54, 1.807) is 6.20 Å². The molecular formula is C20H19ClN6OS. The number of rotatable bonds is 3. The lowest BCUT2D eigenvalue weighted by Gasteiger charge is -2.34. The van der Waals surface area contributed by atoms with Crippen LogP contribution in [0.5, 0.6) is 0 Å². The van der Waals surface area contributed by atoms with Gasteiger partial charge in [0.2, 0.25) is 0 Å². The third-order valence-corrected chi connectivity index (χ3v) is 6.35. The number of carbonyl (C=O) groups excluding carboxylic acids is 1. The predicted octanol–water partition coefficient (Wildman–Crippen LogP) is 3.26. The molecule has 0 atom stereocenters. The summed E-state index contributed by atoms with van der Waals surface area (Å²) in [4.78, 5) is 27.1. The monoisotopic (exact) mass is 426 g/mol. The van der Waals surface area contributed by atoms with Crippen molar-refractivity contribution in [3.8, 4) is 0 Å². The minimum Gasteiger partial charge on any atom is -0.336 e. The number of aryl methyl sites for hydroxylation is 1. The normalized spacial score (nSPS) is 15.4. The van der Waals surface area contributed by atoms with E-state index in [0.717, 1.165) is 46.9 Å². The van der Waals surface area contributed by atoms with Gasteiger partial charge in [-0.3, -0.25) is 9.69 Å². The Morgan fingerprint density at radius 1 is 1.21 bits per heavy atom. The first-order valence-electron chi connectivity index (χ1n) is 9.43. The summed E-state index contributed by atoms with van der Waals surface area (Å²) in [6.07, 6.45) is 5.53. The minimum atomic E-state index is 0.0343. The highest BCUT2D eigenvalue weighted by Gasteiger charge is 2.23. The van der Waals surface area contributed by atoms with Crippen LogP contribution in [-0.2, 0) is 6.54 Å². The Hall–Kier alpha value is -2.55. The van der Waals surface area contributed by atoms with E-state index < -0.39 is 0 Å². The first-order chi connectivity index (χ1) is 14.1. The topological polar surface area (TPSA) is 66.6 Å². The maximum absolute atomic E-state index is 12.9. The molecule has 1 fully saturated rings. The van der Waals surface area contributed by atoms with Crippen molar-refractivity contribution >= 4 is 44.9 Å². The lowest BCUT2D eigenvalue weighted by atomic mass is 10.1. The number of piperazine rings is 1. The number of pyridine rings is 2. The lowest BCUT2D eigenvalue weighted by molar-refractivity contribution is 0.0627. The smallest absolute Gasteiger partial charge is 0.255 e. The summed E-state index contributed by atoms with van der Waals surface area (Å²) in [6.45, 7) is 5.72. The first kappa shape index (κ1) is 18.5. The highest BCUT2D eigenvalue weighted by molar-refractivity contribution is 7.12. The van der Waals surface area contributed by atoms with Gasteiger partial charge in [0.15, 0.2) is 0 Å². The molecule has 0 N–H and O–H groups in total. The van der Waals surface area contributed by atoms with Crippen LogP contribution in [0.15, 0.2) is 36.8 Å². The van der Waals surface area contributed by atoms with Gasteiger partial charge in [-0.05, 0) is 36.7 Å². The molecule has 7 nitrogen and oxygen atoms in total. The van der Waals surface area contributed by atoms with Crippen molar-refractivity contribution in [3.63, 3.8) is 0 Å². The maximum Gasteiger partial charge on any atom is 0.255 e. The molecule has 0 aromatic carbocycles. The molecule has 5 rings (SSSR count). The fraction of sp³-hybridized carbons (Fsp3) is 0.300. The van der Waals surface area contributed by atoms with Gasteiger partial charge in [-0.25, -0.2) is 9.97 Å². The molecule has 0 unspecified atom stereocenters. The number of halogens is 1. The minimum absolute atomic E-state index is 0.0343. The largest absolute Gasteiger partial charge is 0.336 e. The van der Waals surface area contributed by atoms with Crippen LogP contribution >= 0.6 is 23.1 Å². The zero-order chi connectivity index (χ0) is 20.0. The predicted molar refractivity (Wildman–Crippen MR) is 114 cm³/mol. The summed E-state index contributed by atoms with van der Waals surface area (Å²) < 4.78 is 6.26. The Balaban J connectivity index is 1.24. The molecule has 1 saturated heterocycles. The zero-order valence-electron chi connectivity index (χ0n) is 15.9. The second kappa shape index (κ2) is 7.37. The molecule has 0 spiro atoms. The van der Waals surface area contributed by atoms with E-state index in [1.165, 1.54) is 11.5 Å². The van der Waals surface area contributed by atoms with E-state index in [2.05, 4.69) is 19.2 Å². The van der Waals surface area contributed by atoms with Crippen LogP contribution < -0.4 is 0 Å². The molecule has 1 aliphatic rings. The van der Waals surface area contributed by atoms with E-state index in [0.29, 0.717) is 23.7 Å². The molecule has 1 amide bonds. The molecule has 1 aliphatic heterocycles. The molecule has 5 heterocycles. The Morgan fingerprint density at radius 3 is 2.86 bits per heavy atom.